The standard InChI is InChI=1S/C17H25N3/c1-5-18-16(11-15-8-6-13(2)7-9-15)12-17-10-14(3)19-20(17)4/h6-10,16,18H,5,11-12H2,1-4H3. The van der Waals surface area contributed by atoms with Crippen LogP contribution in [-0.4, -0.2) is 22.4 Å². The van der Waals surface area contributed by atoms with E-state index in [9.17, 15) is 0 Å². The summed E-state index contributed by atoms with van der Waals surface area (Å²) in [5, 5.41) is 8.02. The van der Waals surface area contributed by atoms with E-state index in [1.54, 1.807) is 0 Å². The van der Waals surface area contributed by atoms with Crippen molar-refractivity contribution in [1.82, 2.24) is 15.1 Å². The number of nitrogens with one attached hydrogen (secondary N) is 1. The number of hydrogen-bond donors (Lipinski definition) is 1. The number of rotatable bonds is 6. The molecule has 3 nitrogen and oxygen atoms in total. The minimum Gasteiger partial charge on any atom is -0.314 e. The van der Waals surface area contributed by atoms with Crippen molar-refractivity contribution in [3.63, 3.8) is 0 Å². The molecular weight excluding hydrogens is 246 g/mol. The lowest BCUT2D eigenvalue weighted by Crippen LogP contribution is -2.33. The number of aryl methyl sites for hydroxylation is 3. The van der Waals surface area contributed by atoms with Crippen LogP contribution in [0.5, 0.6) is 0 Å². The normalized spacial score (nSPS) is 12.6. The first-order chi connectivity index (χ1) is 9.58. The Morgan fingerprint density at radius 2 is 1.85 bits per heavy atom. The van der Waals surface area contributed by atoms with Gasteiger partial charge in [-0.2, -0.15) is 5.10 Å². The van der Waals surface area contributed by atoms with Crippen molar-refractivity contribution in [2.24, 2.45) is 7.05 Å². The minimum atomic E-state index is 0.456. The highest BCUT2D eigenvalue weighted by atomic mass is 15.3. The van der Waals surface area contributed by atoms with E-state index in [2.05, 4.69) is 54.6 Å². The molecule has 0 spiro atoms. The van der Waals surface area contributed by atoms with Crippen molar-refractivity contribution in [3.8, 4) is 0 Å². The Hall–Kier alpha value is -1.61. The summed E-state index contributed by atoms with van der Waals surface area (Å²) in [6.45, 7) is 7.33. The molecule has 0 aliphatic rings. The average Bonchev–Trinajstić information content (AvgIpc) is 2.71. The average molecular weight is 271 g/mol. The second kappa shape index (κ2) is 6.71. The van der Waals surface area contributed by atoms with Gasteiger partial charge in [0.15, 0.2) is 0 Å². The number of likely N-dealkylation sites (N-methyl/N-ethyl adjacent to an activating group) is 1. The first-order valence-corrected chi connectivity index (χ1v) is 7.37. The largest absolute Gasteiger partial charge is 0.314 e. The van der Waals surface area contributed by atoms with Crippen molar-refractivity contribution < 1.29 is 0 Å². The topological polar surface area (TPSA) is 29.9 Å². The molecule has 0 bridgehead atoms. The Balaban J connectivity index is 2.06. The fraction of sp³-hybridized carbons (Fsp3) is 0.471. The van der Waals surface area contributed by atoms with Gasteiger partial charge in [0.1, 0.15) is 0 Å². The molecule has 0 fully saturated rings. The quantitative estimate of drug-likeness (QED) is 0.875. The van der Waals surface area contributed by atoms with Crippen LogP contribution in [0, 0.1) is 13.8 Å². The van der Waals surface area contributed by atoms with E-state index in [-0.39, 0.29) is 0 Å². The first-order valence-electron chi connectivity index (χ1n) is 7.37. The Morgan fingerprint density at radius 3 is 2.40 bits per heavy atom. The maximum Gasteiger partial charge on any atom is 0.0596 e. The Bertz CT molecular complexity index is 540. The van der Waals surface area contributed by atoms with Crippen molar-refractivity contribution >= 4 is 0 Å². The monoisotopic (exact) mass is 271 g/mol. The van der Waals surface area contributed by atoms with E-state index >= 15 is 0 Å². The van der Waals surface area contributed by atoms with Crippen LogP contribution in [0.1, 0.15) is 29.4 Å². The number of benzene rings is 1. The van der Waals surface area contributed by atoms with E-state index in [1.165, 1.54) is 16.8 Å². The summed E-state index contributed by atoms with van der Waals surface area (Å²) in [5.74, 6) is 0. The van der Waals surface area contributed by atoms with E-state index < -0.39 is 0 Å². The van der Waals surface area contributed by atoms with Crippen LogP contribution in [-0.2, 0) is 19.9 Å². The van der Waals surface area contributed by atoms with Gasteiger partial charge >= 0.3 is 0 Å². The molecule has 0 aliphatic heterocycles. The molecule has 1 heterocycles. The lowest BCUT2D eigenvalue weighted by Gasteiger charge is -2.18. The van der Waals surface area contributed by atoms with Crippen molar-refractivity contribution in [2.75, 3.05) is 6.54 Å². The van der Waals surface area contributed by atoms with Gasteiger partial charge in [-0.05, 0) is 38.4 Å². The predicted octanol–water partition coefficient (Wildman–Crippen LogP) is 2.80. The Morgan fingerprint density at radius 1 is 1.15 bits per heavy atom. The highest BCUT2D eigenvalue weighted by Crippen LogP contribution is 2.11. The molecule has 0 radical (unpaired) electrons. The number of hydrogen-bond acceptors (Lipinski definition) is 2. The van der Waals surface area contributed by atoms with Gasteiger partial charge in [0, 0.05) is 25.2 Å². The van der Waals surface area contributed by atoms with Gasteiger partial charge in [0.2, 0.25) is 0 Å². The maximum absolute atomic E-state index is 4.43. The van der Waals surface area contributed by atoms with Crippen molar-refractivity contribution in [3.05, 3.63) is 52.8 Å². The smallest absolute Gasteiger partial charge is 0.0596 e. The van der Waals surface area contributed by atoms with E-state index in [1.807, 2.05) is 18.7 Å². The SMILES string of the molecule is CCNC(Cc1ccc(C)cc1)Cc1cc(C)nn1C. The molecule has 1 aromatic heterocycles. The summed E-state index contributed by atoms with van der Waals surface area (Å²) in [5.41, 5.74) is 5.09. The highest BCUT2D eigenvalue weighted by Gasteiger charge is 2.12. The molecule has 0 amide bonds. The molecule has 3 heteroatoms. The van der Waals surface area contributed by atoms with Crippen LogP contribution >= 0.6 is 0 Å². The van der Waals surface area contributed by atoms with Gasteiger partial charge in [-0.25, -0.2) is 0 Å². The first kappa shape index (κ1) is 14.8. The second-order valence-corrected chi connectivity index (χ2v) is 5.55. The summed E-state index contributed by atoms with van der Waals surface area (Å²) in [6, 6.07) is 11.5. The van der Waals surface area contributed by atoms with Crippen LogP contribution in [0.4, 0.5) is 0 Å². The molecule has 20 heavy (non-hydrogen) atoms. The molecule has 1 unspecified atom stereocenters. The van der Waals surface area contributed by atoms with E-state index in [0.717, 1.165) is 25.1 Å². The van der Waals surface area contributed by atoms with Gasteiger partial charge in [-0.3, -0.25) is 4.68 Å². The van der Waals surface area contributed by atoms with E-state index in [0.29, 0.717) is 6.04 Å². The zero-order valence-electron chi connectivity index (χ0n) is 13.0. The lowest BCUT2D eigenvalue weighted by atomic mass is 10.0. The van der Waals surface area contributed by atoms with Gasteiger partial charge < -0.3 is 5.32 Å². The summed E-state index contributed by atoms with van der Waals surface area (Å²) in [4.78, 5) is 0. The summed E-state index contributed by atoms with van der Waals surface area (Å²) in [6.07, 6.45) is 2.07. The molecule has 108 valence electrons. The number of aromatic nitrogens is 2. The maximum atomic E-state index is 4.43. The van der Waals surface area contributed by atoms with Crippen LogP contribution in [0.2, 0.25) is 0 Å². The molecule has 1 N–H and O–H groups in total. The number of nitrogens with zero attached hydrogens (tertiary/aromatic N) is 2. The lowest BCUT2D eigenvalue weighted by molar-refractivity contribution is 0.504. The fourth-order valence-electron chi connectivity index (χ4n) is 2.62. The van der Waals surface area contributed by atoms with Crippen LogP contribution in [0.25, 0.3) is 0 Å². The molecule has 0 saturated heterocycles. The zero-order valence-corrected chi connectivity index (χ0v) is 13.0. The molecule has 0 aliphatic carbocycles. The van der Waals surface area contributed by atoms with Crippen LogP contribution in [0.15, 0.2) is 30.3 Å². The highest BCUT2D eigenvalue weighted by molar-refractivity contribution is 5.22. The molecular formula is C17H25N3. The van der Waals surface area contributed by atoms with Crippen LogP contribution in [0.3, 0.4) is 0 Å². The summed E-state index contributed by atoms with van der Waals surface area (Å²) < 4.78 is 1.99. The van der Waals surface area contributed by atoms with Gasteiger partial charge in [-0.15, -0.1) is 0 Å². The zero-order chi connectivity index (χ0) is 14.5. The van der Waals surface area contributed by atoms with Gasteiger partial charge in [0.25, 0.3) is 0 Å². The molecule has 1 atom stereocenters. The van der Waals surface area contributed by atoms with Crippen molar-refractivity contribution in [1.29, 1.82) is 0 Å². The van der Waals surface area contributed by atoms with Gasteiger partial charge in [-0.1, -0.05) is 36.8 Å². The van der Waals surface area contributed by atoms with Crippen LogP contribution < -0.4 is 5.32 Å². The Labute approximate surface area is 122 Å². The summed E-state index contributed by atoms with van der Waals surface area (Å²) in [7, 11) is 2.03. The molecule has 1 aromatic carbocycles. The Kier molecular flexibility index (Phi) is 4.96. The van der Waals surface area contributed by atoms with Gasteiger partial charge in [0.05, 0.1) is 5.69 Å². The third-order valence-electron chi connectivity index (χ3n) is 3.65. The van der Waals surface area contributed by atoms with Crippen molar-refractivity contribution in [2.45, 2.75) is 39.7 Å². The van der Waals surface area contributed by atoms with E-state index in [4.69, 9.17) is 0 Å². The third kappa shape index (κ3) is 3.94. The second-order valence-electron chi connectivity index (χ2n) is 5.55. The summed E-state index contributed by atoms with van der Waals surface area (Å²) >= 11 is 0. The molecule has 0 saturated carbocycles. The molecule has 2 aromatic rings. The predicted molar refractivity (Wildman–Crippen MR) is 84.0 cm³/mol. The minimum absolute atomic E-state index is 0.456. The third-order valence-corrected chi connectivity index (χ3v) is 3.65. The molecule has 2 rings (SSSR count). The fourth-order valence-corrected chi connectivity index (χ4v) is 2.62.